The smallest absolute Gasteiger partial charge is 0.0590 e. The van der Waals surface area contributed by atoms with Crippen LogP contribution in [0.5, 0.6) is 0 Å². The van der Waals surface area contributed by atoms with E-state index < -0.39 is 0 Å². The summed E-state index contributed by atoms with van der Waals surface area (Å²) in [6.07, 6.45) is 1.03. The van der Waals surface area contributed by atoms with Crippen molar-refractivity contribution in [3.05, 3.63) is 33.8 Å². The highest BCUT2D eigenvalue weighted by molar-refractivity contribution is 6.36. The number of nitrogens with zero attached hydrogens (tertiary/aromatic N) is 1. The van der Waals surface area contributed by atoms with Gasteiger partial charge >= 0.3 is 0 Å². The lowest BCUT2D eigenvalue weighted by Crippen LogP contribution is -2.42. The van der Waals surface area contributed by atoms with Gasteiger partial charge in [-0.15, -0.1) is 0 Å². The first kappa shape index (κ1) is 17.7. The molecule has 114 valence electrons. The van der Waals surface area contributed by atoms with Gasteiger partial charge in [0.1, 0.15) is 0 Å². The molecular weight excluding hydrogens is 295 g/mol. The molecule has 0 heterocycles. The lowest BCUT2D eigenvalue weighted by atomic mass is 10.0. The molecule has 0 aliphatic heterocycles. The first-order valence-corrected chi connectivity index (χ1v) is 7.71. The lowest BCUT2D eigenvalue weighted by Gasteiger charge is -2.36. The molecule has 0 saturated heterocycles. The zero-order chi connectivity index (χ0) is 15.1. The molecule has 1 aromatic carbocycles. The van der Waals surface area contributed by atoms with Gasteiger partial charge in [-0.1, -0.05) is 36.2 Å². The van der Waals surface area contributed by atoms with Gasteiger partial charge in [-0.2, -0.15) is 0 Å². The van der Waals surface area contributed by atoms with Crippen molar-refractivity contribution in [3.8, 4) is 0 Å². The molecule has 2 atom stereocenters. The maximum atomic E-state index is 6.33. The molecule has 0 fully saturated rings. The van der Waals surface area contributed by atoms with Crippen molar-refractivity contribution in [1.82, 2.24) is 4.90 Å². The van der Waals surface area contributed by atoms with Gasteiger partial charge in [-0.25, -0.2) is 0 Å². The third-order valence-electron chi connectivity index (χ3n) is 3.67. The molecule has 1 rings (SSSR count). The molecule has 0 bridgehead atoms. The van der Waals surface area contributed by atoms with Crippen molar-refractivity contribution in [2.24, 2.45) is 5.73 Å². The Hall–Kier alpha value is -0.320. The summed E-state index contributed by atoms with van der Waals surface area (Å²) in [6.45, 7) is 6.27. The van der Waals surface area contributed by atoms with E-state index in [2.05, 4.69) is 18.7 Å². The first-order valence-electron chi connectivity index (χ1n) is 6.95. The summed E-state index contributed by atoms with van der Waals surface area (Å²) in [5.41, 5.74) is 6.92. The number of methoxy groups -OCH3 is 1. The maximum absolute atomic E-state index is 6.33. The molecule has 3 nitrogen and oxygen atoms in total. The van der Waals surface area contributed by atoms with Crippen LogP contribution in [0.2, 0.25) is 10.0 Å². The highest BCUT2D eigenvalue weighted by Crippen LogP contribution is 2.34. The SMILES string of the molecule is CCC(C)N(CCOC)C(CN)c1c(Cl)cccc1Cl. The van der Waals surface area contributed by atoms with Crippen LogP contribution in [-0.4, -0.2) is 37.7 Å². The standard InChI is InChI=1S/C15H24Cl2N2O/c1-4-11(2)19(8-9-20-3)14(10-18)15-12(16)6-5-7-13(15)17/h5-7,11,14H,4,8-10,18H2,1-3H3. The van der Waals surface area contributed by atoms with Crippen molar-refractivity contribution >= 4 is 23.2 Å². The highest BCUT2D eigenvalue weighted by Gasteiger charge is 2.26. The maximum Gasteiger partial charge on any atom is 0.0590 e. The molecule has 2 unspecified atom stereocenters. The highest BCUT2D eigenvalue weighted by atomic mass is 35.5. The Balaban J connectivity index is 3.11. The van der Waals surface area contributed by atoms with Crippen LogP contribution in [0.25, 0.3) is 0 Å². The van der Waals surface area contributed by atoms with Gasteiger partial charge < -0.3 is 10.5 Å². The van der Waals surface area contributed by atoms with Crippen LogP contribution in [0.3, 0.4) is 0 Å². The fraction of sp³-hybridized carbons (Fsp3) is 0.600. The molecule has 0 aliphatic carbocycles. The first-order chi connectivity index (χ1) is 9.56. The van der Waals surface area contributed by atoms with Crippen LogP contribution in [0.15, 0.2) is 18.2 Å². The van der Waals surface area contributed by atoms with E-state index in [-0.39, 0.29) is 6.04 Å². The normalized spacial score (nSPS) is 14.6. The van der Waals surface area contributed by atoms with Crippen LogP contribution in [-0.2, 0) is 4.74 Å². The van der Waals surface area contributed by atoms with Crippen molar-refractivity contribution in [1.29, 1.82) is 0 Å². The van der Waals surface area contributed by atoms with Gasteiger partial charge in [0.05, 0.1) is 12.6 Å². The van der Waals surface area contributed by atoms with E-state index in [0.29, 0.717) is 29.2 Å². The van der Waals surface area contributed by atoms with E-state index >= 15 is 0 Å². The predicted octanol–water partition coefficient (Wildman–Crippen LogP) is 3.74. The zero-order valence-corrected chi connectivity index (χ0v) is 13.9. The lowest BCUT2D eigenvalue weighted by molar-refractivity contribution is 0.0903. The quantitative estimate of drug-likeness (QED) is 0.793. The fourth-order valence-electron chi connectivity index (χ4n) is 2.36. The third kappa shape index (κ3) is 4.34. The van der Waals surface area contributed by atoms with Gasteiger partial charge in [-0.3, -0.25) is 4.90 Å². The molecule has 0 radical (unpaired) electrons. The topological polar surface area (TPSA) is 38.5 Å². The molecule has 5 heteroatoms. The van der Waals surface area contributed by atoms with Crippen molar-refractivity contribution in [3.63, 3.8) is 0 Å². The number of hydrogen-bond acceptors (Lipinski definition) is 3. The molecule has 0 spiro atoms. The van der Waals surface area contributed by atoms with Crippen molar-refractivity contribution in [2.45, 2.75) is 32.4 Å². The minimum Gasteiger partial charge on any atom is -0.383 e. The summed E-state index contributed by atoms with van der Waals surface area (Å²) in [5.74, 6) is 0. The van der Waals surface area contributed by atoms with Crippen molar-refractivity contribution in [2.75, 3.05) is 26.8 Å². The second-order valence-electron chi connectivity index (χ2n) is 4.87. The van der Waals surface area contributed by atoms with E-state index in [1.807, 2.05) is 18.2 Å². The molecule has 0 saturated carbocycles. The average Bonchev–Trinajstić information content (AvgIpc) is 2.44. The van der Waals surface area contributed by atoms with Gasteiger partial charge in [0.25, 0.3) is 0 Å². The predicted molar refractivity (Wildman–Crippen MR) is 86.6 cm³/mol. The Morgan fingerprint density at radius 3 is 2.35 bits per heavy atom. The number of nitrogens with two attached hydrogens (primary N) is 1. The molecule has 20 heavy (non-hydrogen) atoms. The Labute approximate surface area is 132 Å². The Kier molecular flexibility index (Phi) is 7.85. The molecule has 0 aliphatic rings. The number of hydrogen-bond donors (Lipinski definition) is 1. The van der Waals surface area contributed by atoms with Crippen molar-refractivity contribution < 1.29 is 4.74 Å². The largest absolute Gasteiger partial charge is 0.383 e. The minimum absolute atomic E-state index is 0.00120. The zero-order valence-electron chi connectivity index (χ0n) is 12.4. The van der Waals surface area contributed by atoms with Crippen LogP contribution >= 0.6 is 23.2 Å². The monoisotopic (exact) mass is 318 g/mol. The van der Waals surface area contributed by atoms with Gasteiger partial charge in [0, 0.05) is 41.8 Å². The summed E-state index contributed by atoms with van der Waals surface area (Å²) in [5, 5.41) is 1.33. The van der Waals surface area contributed by atoms with E-state index in [1.165, 1.54) is 0 Å². The van der Waals surface area contributed by atoms with Crippen LogP contribution in [0, 0.1) is 0 Å². The Bertz CT molecular complexity index is 395. The van der Waals surface area contributed by atoms with Crippen LogP contribution in [0.1, 0.15) is 31.9 Å². The van der Waals surface area contributed by atoms with Gasteiger partial charge in [0.2, 0.25) is 0 Å². The average molecular weight is 319 g/mol. The number of ether oxygens (including phenoxy) is 1. The summed E-state index contributed by atoms with van der Waals surface area (Å²) in [4.78, 5) is 2.32. The summed E-state index contributed by atoms with van der Waals surface area (Å²) in [7, 11) is 1.70. The van der Waals surface area contributed by atoms with Gasteiger partial charge in [0.15, 0.2) is 0 Å². The molecule has 2 N–H and O–H groups in total. The number of halogens is 2. The fourth-order valence-corrected chi connectivity index (χ4v) is 3.01. The summed E-state index contributed by atoms with van der Waals surface area (Å²) in [6, 6.07) is 5.95. The van der Waals surface area contributed by atoms with E-state index in [9.17, 15) is 0 Å². The Morgan fingerprint density at radius 2 is 1.90 bits per heavy atom. The number of benzene rings is 1. The minimum atomic E-state index is 0.00120. The summed E-state index contributed by atoms with van der Waals surface area (Å²) >= 11 is 12.7. The molecule has 0 amide bonds. The van der Waals surface area contributed by atoms with E-state index in [1.54, 1.807) is 7.11 Å². The van der Waals surface area contributed by atoms with E-state index in [0.717, 1.165) is 18.5 Å². The summed E-state index contributed by atoms with van der Waals surface area (Å²) < 4.78 is 5.21. The molecule has 0 aromatic heterocycles. The molecule has 1 aromatic rings. The van der Waals surface area contributed by atoms with Crippen LogP contribution < -0.4 is 5.73 Å². The molecular formula is C15H24Cl2N2O. The second kappa shape index (κ2) is 8.85. The Morgan fingerprint density at radius 1 is 1.30 bits per heavy atom. The number of rotatable bonds is 8. The second-order valence-corrected chi connectivity index (χ2v) is 5.69. The van der Waals surface area contributed by atoms with E-state index in [4.69, 9.17) is 33.7 Å². The van der Waals surface area contributed by atoms with Gasteiger partial charge in [-0.05, 0) is 25.5 Å². The third-order valence-corrected chi connectivity index (χ3v) is 4.33. The van der Waals surface area contributed by atoms with Crippen LogP contribution in [0.4, 0.5) is 0 Å².